The quantitative estimate of drug-likeness (QED) is 0.594. The third-order valence-corrected chi connectivity index (χ3v) is 5.01. The molecule has 1 aromatic heterocycles. The lowest BCUT2D eigenvalue weighted by molar-refractivity contribution is -0.115. The van der Waals surface area contributed by atoms with E-state index in [9.17, 15) is 9.90 Å². The summed E-state index contributed by atoms with van der Waals surface area (Å²) in [6.07, 6.45) is 0. The van der Waals surface area contributed by atoms with Gasteiger partial charge in [-0.1, -0.05) is 30.0 Å². The van der Waals surface area contributed by atoms with Crippen LogP contribution in [0, 0.1) is 13.8 Å². The third-order valence-electron chi connectivity index (χ3n) is 4.05. The minimum absolute atomic E-state index is 0.118. The van der Waals surface area contributed by atoms with E-state index in [0.717, 1.165) is 11.3 Å². The van der Waals surface area contributed by atoms with Gasteiger partial charge in [-0.2, -0.15) is 0 Å². The van der Waals surface area contributed by atoms with Gasteiger partial charge in [0.05, 0.1) is 10.8 Å². The molecule has 0 aliphatic carbocycles. The molecule has 1 heterocycles. The van der Waals surface area contributed by atoms with Gasteiger partial charge in [0.25, 0.3) is 0 Å². The fourth-order valence-electron chi connectivity index (χ4n) is 2.37. The Morgan fingerprint density at radius 1 is 1.19 bits per heavy atom. The summed E-state index contributed by atoms with van der Waals surface area (Å²) >= 11 is 1.25. The van der Waals surface area contributed by atoms with Crippen molar-refractivity contribution in [2.75, 3.05) is 5.32 Å². The van der Waals surface area contributed by atoms with Crippen molar-refractivity contribution in [2.24, 2.45) is 0 Å². The van der Waals surface area contributed by atoms with E-state index in [1.54, 1.807) is 25.1 Å². The highest BCUT2D eigenvalue weighted by Gasteiger charge is 2.18. The highest BCUT2D eigenvalue weighted by atomic mass is 32.2. The summed E-state index contributed by atoms with van der Waals surface area (Å²) in [4.78, 5) is 16.8. The number of para-hydroxylation sites is 1. The number of rotatable bonds is 5. The Morgan fingerprint density at radius 3 is 2.69 bits per heavy atom. The first kappa shape index (κ1) is 18.0. The number of amides is 1. The smallest absolute Gasteiger partial charge is 0.237 e. The van der Waals surface area contributed by atoms with Gasteiger partial charge in [-0.3, -0.25) is 9.89 Å². The number of hydrogen-bond acceptors (Lipinski definition) is 5. The van der Waals surface area contributed by atoms with Crippen molar-refractivity contribution < 1.29 is 9.90 Å². The highest BCUT2D eigenvalue weighted by Crippen LogP contribution is 2.28. The van der Waals surface area contributed by atoms with Crippen molar-refractivity contribution in [2.45, 2.75) is 31.2 Å². The molecule has 3 N–H and O–H groups in total. The number of thioether (sulfide) groups is 1. The number of phenolic OH excluding ortho intramolecular Hbond substituents is 1. The lowest BCUT2D eigenvalue weighted by atomic mass is 10.1. The molecule has 3 rings (SSSR count). The molecule has 3 aromatic rings. The minimum atomic E-state index is -0.371. The van der Waals surface area contributed by atoms with Crippen LogP contribution in [0.15, 0.2) is 47.6 Å². The minimum Gasteiger partial charge on any atom is -0.507 e. The number of aromatic hydroxyl groups is 1. The van der Waals surface area contributed by atoms with Gasteiger partial charge in [-0.25, -0.2) is 4.98 Å². The second-order valence-corrected chi connectivity index (χ2v) is 7.34. The topological polar surface area (TPSA) is 90.9 Å². The largest absolute Gasteiger partial charge is 0.507 e. The van der Waals surface area contributed by atoms with Crippen LogP contribution >= 0.6 is 11.8 Å². The average molecular weight is 368 g/mol. The van der Waals surface area contributed by atoms with Crippen molar-refractivity contribution in [3.63, 3.8) is 0 Å². The Labute approximate surface area is 156 Å². The zero-order valence-electron chi connectivity index (χ0n) is 14.8. The summed E-state index contributed by atoms with van der Waals surface area (Å²) < 4.78 is 0. The molecule has 1 amide bonds. The summed E-state index contributed by atoms with van der Waals surface area (Å²) in [5.41, 5.74) is 3.65. The molecule has 6 nitrogen and oxygen atoms in total. The van der Waals surface area contributed by atoms with Crippen molar-refractivity contribution >= 4 is 23.4 Å². The number of hydrogen-bond donors (Lipinski definition) is 3. The summed E-state index contributed by atoms with van der Waals surface area (Å²) in [5, 5.41) is 19.8. The molecule has 0 saturated carbocycles. The molecule has 7 heteroatoms. The number of benzene rings is 2. The maximum Gasteiger partial charge on any atom is 0.237 e. The Bertz CT molecular complexity index is 939. The summed E-state index contributed by atoms with van der Waals surface area (Å²) in [6, 6.07) is 12.7. The fraction of sp³-hybridized carbons (Fsp3) is 0.211. The van der Waals surface area contributed by atoms with Gasteiger partial charge in [0, 0.05) is 5.69 Å². The molecule has 0 aliphatic rings. The van der Waals surface area contributed by atoms with Gasteiger partial charge in [-0.05, 0) is 56.2 Å². The predicted molar refractivity (Wildman–Crippen MR) is 103 cm³/mol. The zero-order chi connectivity index (χ0) is 18.7. The zero-order valence-corrected chi connectivity index (χ0v) is 15.6. The van der Waals surface area contributed by atoms with Crippen molar-refractivity contribution in [1.82, 2.24) is 15.2 Å². The number of H-pyrrole nitrogens is 1. The predicted octanol–water partition coefficient (Wildman–Crippen LogP) is 3.91. The molecule has 0 unspecified atom stereocenters. The Hall–Kier alpha value is -2.80. The van der Waals surface area contributed by atoms with E-state index in [2.05, 4.69) is 20.5 Å². The van der Waals surface area contributed by atoms with Gasteiger partial charge < -0.3 is 10.4 Å². The first-order valence-electron chi connectivity index (χ1n) is 8.19. The lowest BCUT2D eigenvalue weighted by Gasteiger charge is -2.11. The molecule has 26 heavy (non-hydrogen) atoms. The maximum absolute atomic E-state index is 12.4. The number of nitrogens with one attached hydrogen (secondary N) is 2. The van der Waals surface area contributed by atoms with Gasteiger partial charge in [0.1, 0.15) is 5.75 Å². The lowest BCUT2D eigenvalue weighted by Crippen LogP contribution is -2.22. The molecule has 1 atom stereocenters. The number of carbonyl (C=O) groups is 1. The van der Waals surface area contributed by atoms with E-state index in [1.807, 2.05) is 38.1 Å². The summed E-state index contributed by atoms with van der Waals surface area (Å²) in [5.74, 6) is 0.472. The number of aromatic nitrogens is 3. The Morgan fingerprint density at radius 2 is 1.96 bits per heavy atom. The van der Waals surface area contributed by atoms with Crippen LogP contribution < -0.4 is 5.32 Å². The number of anilines is 1. The number of carbonyl (C=O) groups excluding carboxylic acids is 1. The van der Waals surface area contributed by atoms with E-state index in [0.29, 0.717) is 16.5 Å². The van der Waals surface area contributed by atoms with E-state index in [4.69, 9.17) is 0 Å². The molecule has 0 bridgehead atoms. The van der Waals surface area contributed by atoms with Crippen molar-refractivity contribution in [3.8, 4) is 17.1 Å². The summed E-state index contributed by atoms with van der Waals surface area (Å²) in [6.45, 7) is 5.85. The molecular formula is C19H20N4O2S. The maximum atomic E-state index is 12.4. The van der Waals surface area contributed by atoms with E-state index >= 15 is 0 Å². The van der Waals surface area contributed by atoms with Crippen molar-refractivity contribution in [1.29, 1.82) is 0 Å². The summed E-state index contributed by atoms with van der Waals surface area (Å²) in [7, 11) is 0. The van der Waals surface area contributed by atoms with Gasteiger partial charge in [-0.15, -0.1) is 5.10 Å². The van der Waals surface area contributed by atoms with E-state index < -0.39 is 0 Å². The second kappa shape index (κ2) is 7.61. The van der Waals surface area contributed by atoms with E-state index in [1.165, 1.54) is 17.3 Å². The molecular weight excluding hydrogens is 348 g/mol. The van der Waals surface area contributed by atoms with Crippen LogP contribution in [0.2, 0.25) is 0 Å². The molecule has 0 fully saturated rings. The molecule has 0 saturated heterocycles. The van der Waals surface area contributed by atoms with Crippen LogP contribution in [0.25, 0.3) is 11.4 Å². The Kier molecular flexibility index (Phi) is 5.27. The van der Waals surface area contributed by atoms with Gasteiger partial charge in [0.2, 0.25) is 11.1 Å². The highest BCUT2D eigenvalue weighted by molar-refractivity contribution is 8.00. The number of phenols is 1. The number of aromatic amines is 1. The number of nitrogens with zero attached hydrogens (tertiary/aromatic N) is 2. The van der Waals surface area contributed by atoms with Crippen LogP contribution in [0.1, 0.15) is 18.1 Å². The van der Waals surface area contributed by atoms with Crippen LogP contribution in [-0.2, 0) is 4.79 Å². The van der Waals surface area contributed by atoms with Gasteiger partial charge in [0.15, 0.2) is 5.82 Å². The standard InChI is InChI=1S/C19H20N4O2S/c1-11-8-9-14(10-12(11)2)20-18(25)13(3)26-19-21-17(22-23-19)15-6-4-5-7-16(15)24/h4-10,13,24H,1-3H3,(H,20,25)(H,21,22,23)/t13-/m0/s1. The third kappa shape index (κ3) is 4.05. The van der Waals surface area contributed by atoms with E-state index in [-0.39, 0.29) is 16.9 Å². The first-order valence-corrected chi connectivity index (χ1v) is 9.07. The monoisotopic (exact) mass is 368 g/mol. The second-order valence-electron chi connectivity index (χ2n) is 6.03. The SMILES string of the molecule is Cc1ccc(NC(=O)[C@H](C)Sc2n[nH]c(-c3ccccc3O)n2)cc1C. The normalized spacial score (nSPS) is 12.0. The molecule has 2 aromatic carbocycles. The average Bonchev–Trinajstić information content (AvgIpc) is 3.06. The first-order chi connectivity index (χ1) is 12.4. The molecule has 134 valence electrons. The van der Waals surface area contributed by atoms with Crippen molar-refractivity contribution in [3.05, 3.63) is 53.6 Å². The molecule has 0 spiro atoms. The number of aryl methyl sites for hydroxylation is 2. The van der Waals surface area contributed by atoms with Crippen LogP contribution in [0.5, 0.6) is 5.75 Å². The molecule has 0 radical (unpaired) electrons. The van der Waals surface area contributed by atoms with Gasteiger partial charge >= 0.3 is 0 Å². The molecule has 0 aliphatic heterocycles. The Balaban J connectivity index is 1.66. The van der Waals surface area contributed by atoms with Crippen LogP contribution in [-0.4, -0.2) is 31.4 Å². The fourth-order valence-corrected chi connectivity index (χ4v) is 3.09. The van der Waals surface area contributed by atoms with Crippen LogP contribution in [0.3, 0.4) is 0 Å². The van der Waals surface area contributed by atoms with Crippen LogP contribution in [0.4, 0.5) is 5.69 Å².